The Kier molecular flexibility index (Phi) is 2.99. The van der Waals surface area contributed by atoms with Crippen LogP contribution in [0.15, 0.2) is 18.2 Å². The monoisotopic (exact) mass is 217 g/mol. The van der Waals surface area contributed by atoms with Crippen LogP contribution in [0.2, 0.25) is 0 Å². The molecule has 0 aromatic heterocycles. The molecule has 0 radical (unpaired) electrons. The highest BCUT2D eigenvalue weighted by atomic mass is 16.1. The number of Topliss-reactive ketones (excluding diaryl/α,β-unsaturated/α-hetero) is 1. The van der Waals surface area contributed by atoms with Gasteiger partial charge in [-0.05, 0) is 43.5 Å². The fraction of sp³-hybridized carbons (Fsp3) is 0.500. The quantitative estimate of drug-likeness (QED) is 0.710. The zero-order valence-electron chi connectivity index (χ0n) is 10.3. The molecule has 0 amide bonds. The van der Waals surface area contributed by atoms with Crippen molar-refractivity contribution in [3.8, 4) is 0 Å². The minimum Gasteiger partial charge on any atom is -0.372 e. The number of fused-ring (bicyclic) bond motifs is 1. The van der Waals surface area contributed by atoms with E-state index in [1.54, 1.807) is 0 Å². The minimum atomic E-state index is 0.240. The maximum Gasteiger partial charge on any atom is 0.162 e. The number of nitrogens with zero attached hydrogens (tertiary/aromatic N) is 1. The van der Waals surface area contributed by atoms with Gasteiger partial charge in [0.15, 0.2) is 5.78 Å². The summed E-state index contributed by atoms with van der Waals surface area (Å²) in [6.07, 6.45) is 2.85. The van der Waals surface area contributed by atoms with Gasteiger partial charge in [0.05, 0.1) is 0 Å². The number of ketones is 1. The molecule has 16 heavy (non-hydrogen) atoms. The molecule has 0 bridgehead atoms. The van der Waals surface area contributed by atoms with Crippen molar-refractivity contribution in [2.45, 2.75) is 39.2 Å². The van der Waals surface area contributed by atoms with Gasteiger partial charge in [-0.25, -0.2) is 0 Å². The molecule has 0 aliphatic carbocycles. The van der Waals surface area contributed by atoms with Gasteiger partial charge in [-0.1, -0.05) is 6.92 Å². The number of carbonyl (C=O) groups excluding carboxylic acids is 1. The first kappa shape index (κ1) is 11.2. The SMILES string of the molecule is CCC(=O)c1ccc2c(c1)CCC(C)N2C. The molecule has 1 aliphatic heterocycles. The summed E-state index contributed by atoms with van der Waals surface area (Å²) in [4.78, 5) is 13.9. The van der Waals surface area contributed by atoms with Gasteiger partial charge in [0.1, 0.15) is 0 Å². The molecule has 0 spiro atoms. The Balaban J connectivity index is 2.37. The number of benzene rings is 1. The lowest BCUT2D eigenvalue weighted by Crippen LogP contribution is -2.33. The van der Waals surface area contributed by atoms with Gasteiger partial charge >= 0.3 is 0 Å². The molecular formula is C14H19NO. The van der Waals surface area contributed by atoms with Crippen molar-refractivity contribution in [1.29, 1.82) is 0 Å². The standard InChI is InChI=1S/C14H19NO/c1-4-14(16)12-7-8-13-11(9-12)6-5-10(2)15(13)3/h7-10H,4-6H2,1-3H3. The Morgan fingerprint density at radius 3 is 2.94 bits per heavy atom. The van der Waals surface area contributed by atoms with E-state index in [2.05, 4.69) is 31.0 Å². The van der Waals surface area contributed by atoms with Crippen molar-refractivity contribution in [3.05, 3.63) is 29.3 Å². The van der Waals surface area contributed by atoms with Crippen molar-refractivity contribution < 1.29 is 4.79 Å². The third-order valence-electron chi connectivity index (χ3n) is 3.60. The summed E-state index contributed by atoms with van der Waals surface area (Å²) in [7, 11) is 2.13. The number of anilines is 1. The molecule has 1 atom stereocenters. The maximum atomic E-state index is 11.6. The second-order valence-electron chi connectivity index (χ2n) is 4.62. The highest BCUT2D eigenvalue weighted by Crippen LogP contribution is 2.30. The minimum absolute atomic E-state index is 0.240. The van der Waals surface area contributed by atoms with E-state index in [1.807, 2.05) is 13.0 Å². The number of carbonyl (C=O) groups is 1. The molecule has 0 N–H and O–H groups in total. The molecule has 2 nitrogen and oxygen atoms in total. The van der Waals surface area contributed by atoms with E-state index in [1.165, 1.54) is 17.7 Å². The molecule has 1 unspecified atom stereocenters. The Hall–Kier alpha value is -1.31. The van der Waals surface area contributed by atoms with Gasteiger partial charge in [-0.15, -0.1) is 0 Å². The summed E-state index contributed by atoms with van der Waals surface area (Å²) in [6, 6.07) is 6.72. The molecule has 0 fully saturated rings. The molecule has 2 rings (SSSR count). The summed E-state index contributed by atoms with van der Waals surface area (Å²) >= 11 is 0. The Morgan fingerprint density at radius 1 is 1.50 bits per heavy atom. The Labute approximate surface area is 97.3 Å². The summed E-state index contributed by atoms with van der Waals surface area (Å²) in [5.41, 5.74) is 3.47. The smallest absolute Gasteiger partial charge is 0.162 e. The van der Waals surface area contributed by atoms with Crippen LogP contribution in [0.4, 0.5) is 5.69 Å². The van der Waals surface area contributed by atoms with Crippen LogP contribution in [0, 0.1) is 0 Å². The van der Waals surface area contributed by atoms with Crippen LogP contribution in [0.25, 0.3) is 0 Å². The lowest BCUT2D eigenvalue weighted by Gasteiger charge is -2.34. The van der Waals surface area contributed by atoms with Crippen molar-refractivity contribution in [3.63, 3.8) is 0 Å². The fourth-order valence-electron chi connectivity index (χ4n) is 2.30. The normalized spacial score (nSPS) is 19.4. The molecule has 1 aliphatic rings. The Bertz CT molecular complexity index is 411. The van der Waals surface area contributed by atoms with E-state index in [0.717, 1.165) is 12.0 Å². The van der Waals surface area contributed by atoms with Crippen LogP contribution in [0.1, 0.15) is 42.6 Å². The summed E-state index contributed by atoms with van der Waals surface area (Å²) in [5, 5.41) is 0. The molecule has 2 heteroatoms. The predicted molar refractivity (Wildman–Crippen MR) is 67.2 cm³/mol. The predicted octanol–water partition coefficient (Wildman–Crippen LogP) is 3.05. The number of hydrogen-bond acceptors (Lipinski definition) is 2. The van der Waals surface area contributed by atoms with Crippen LogP contribution in [0.3, 0.4) is 0 Å². The highest BCUT2D eigenvalue weighted by Gasteiger charge is 2.20. The van der Waals surface area contributed by atoms with Crippen molar-refractivity contribution in [2.24, 2.45) is 0 Å². The van der Waals surface area contributed by atoms with Gasteiger partial charge in [-0.2, -0.15) is 0 Å². The molecule has 1 heterocycles. The second kappa shape index (κ2) is 4.28. The lowest BCUT2D eigenvalue weighted by atomic mass is 9.94. The molecule has 0 saturated heterocycles. The molecule has 1 aromatic carbocycles. The molecule has 0 saturated carbocycles. The first-order chi connectivity index (χ1) is 7.63. The fourth-order valence-corrected chi connectivity index (χ4v) is 2.30. The van der Waals surface area contributed by atoms with Crippen molar-refractivity contribution in [2.75, 3.05) is 11.9 Å². The zero-order chi connectivity index (χ0) is 11.7. The van der Waals surface area contributed by atoms with Gasteiger partial charge in [-0.3, -0.25) is 4.79 Å². The van der Waals surface area contributed by atoms with Crippen LogP contribution in [-0.4, -0.2) is 18.9 Å². The average molecular weight is 217 g/mol. The second-order valence-corrected chi connectivity index (χ2v) is 4.62. The highest BCUT2D eigenvalue weighted by molar-refractivity contribution is 5.96. The largest absolute Gasteiger partial charge is 0.372 e. The van der Waals surface area contributed by atoms with Crippen molar-refractivity contribution in [1.82, 2.24) is 0 Å². The summed E-state index contributed by atoms with van der Waals surface area (Å²) in [5.74, 6) is 0.240. The van der Waals surface area contributed by atoms with Crippen LogP contribution < -0.4 is 4.90 Å². The first-order valence-electron chi connectivity index (χ1n) is 6.02. The van der Waals surface area contributed by atoms with E-state index in [-0.39, 0.29) is 5.78 Å². The van der Waals surface area contributed by atoms with Gasteiger partial charge in [0.2, 0.25) is 0 Å². The van der Waals surface area contributed by atoms with Gasteiger partial charge < -0.3 is 4.90 Å². The van der Waals surface area contributed by atoms with E-state index in [4.69, 9.17) is 0 Å². The molecule has 86 valence electrons. The molecular weight excluding hydrogens is 198 g/mol. The molecule has 1 aromatic rings. The van der Waals surface area contributed by atoms with E-state index >= 15 is 0 Å². The van der Waals surface area contributed by atoms with Crippen LogP contribution in [0.5, 0.6) is 0 Å². The third kappa shape index (κ3) is 1.84. The third-order valence-corrected chi connectivity index (χ3v) is 3.60. The number of aryl methyl sites for hydroxylation is 1. The Morgan fingerprint density at radius 2 is 2.25 bits per heavy atom. The zero-order valence-corrected chi connectivity index (χ0v) is 10.3. The average Bonchev–Trinajstić information content (AvgIpc) is 2.32. The van der Waals surface area contributed by atoms with Gasteiger partial charge in [0.25, 0.3) is 0 Å². The van der Waals surface area contributed by atoms with Crippen molar-refractivity contribution >= 4 is 11.5 Å². The first-order valence-corrected chi connectivity index (χ1v) is 6.02. The number of hydrogen-bond donors (Lipinski definition) is 0. The van der Waals surface area contributed by atoms with E-state index in [9.17, 15) is 4.79 Å². The topological polar surface area (TPSA) is 20.3 Å². The van der Waals surface area contributed by atoms with Crippen LogP contribution >= 0.6 is 0 Å². The number of rotatable bonds is 2. The summed E-state index contributed by atoms with van der Waals surface area (Å²) in [6.45, 7) is 4.16. The van der Waals surface area contributed by atoms with E-state index < -0.39 is 0 Å². The lowest BCUT2D eigenvalue weighted by molar-refractivity contribution is 0.0988. The van der Waals surface area contributed by atoms with Crippen LogP contribution in [-0.2, 0) is 6.42 Å². The van der Waals surface area contributed by atoms with Gasteiger partial charge in [0, 0.05) is 30.8 Å². The summed E-state index contributed by atoms with van der Waals surface area (Å²) < 4.78 is 0. The van der Waals surface area contributed by atoms with E-state index in [0.29, 0.717) is 12.5 Å². The maximum absolute atomic E-state index is 11.6.